The molecular weight excluding hydrogens is 313 g/mol. The third kappa shape index (κ3) is 4.96. The molecule has 1 rings (SSSR count). The van der Waals surface area contributed by atoms with Gasteiger partial charge in [-0.3, -0.25) is 4.79 Å². The Morgan fingerprint density at radius 3 is 2.50 bits per heavy atom. The number of benzene rings is 1. The third-order valence-electron chi connectivity index (χ3n) is 3.06. The molecule has 124 valence electrons. The number of ether oxygens (including phenoxy) is 1. The van der Waals surface area contributed by atoms with Crippen LogP contribution in [0.25, 0.3) is 0 Å². The van der Waals surface area contributed by atoms with Gasteiger partial charge in [0.25, 0.3) is 0 Å². The first-order valence-electron chi connectivity index (χ1n) is 6.73. The molecule has 0 saturated heterocycles. The Labute approximate surface area is 129 Å². The molecule has 0 aliphatic carbocycles. The number of carbonyl (C=O) groups is 1. The molecule has 0 spiro atoms. The average molecular weight is 333 g/mol. The molecule has 2 N–H and O–H groups in total. The molecule has 1 unspecified atom stereocenters. The number of carboxylic acid groups (broad SMARTS) is 1. The number of hydrogen-bond donors (Lipinski definition) is 2. The van der Waals surface area contributed by atoms with Gasteiger partial charge in [-0.15, -0.1) is 0 Å². The first-order valence-corrected chi connectivity index (χ1v) is 8.21. The minimum Gasteiger partial charge on any atom is -0.494 e. The summed E-state index contributed by atoms with van der Waals surface area (Å²) in [7, 11) is -2.71. The number of sulfonamides is 1. The van der Waals surface area contributed by atoms with Crippen molar-refractivity contribution in [2.75, 3.05) is 13.7 Å². The Kier molecular flexibility index (Phi) is 6.31. The van der Waals surface area contributed by atoms with Crippen molar-refractivity contribution >= 4 is 16.0 Å². The van der Waals surface area contributed by atoms with Crippen LogP contribution in [0.5, 0.6) is 5.75 Å². The molecule has 0 radical (unpaired) electrons. The van der Waals surface area contributed by atoms with Gasteiger partial charge in [-0.05, 0) is 30.5 Å². The summed E-state index contributed by atoms with van der Waals surface area (Å²) in [6.45, 7) is 3.45. The predicted octanol–water partition coefficient (Wildman–Crippen LogP) is 1.86. The van der Waals surface area contributed by atoms with Gasteiger partial charge in [0.2, 0.25) is 10.0 Å². The lowest BCUT2D eigenvalue weighted by atomic mass is 9.98. The van der Waals surface area contributed by atoms with Gasteiger partial charge in [-0.1, -0.05) is 13.8 Å². The van der Waals surface area contributed by atoms with Crippen LogP contribution >= 0.6 is 0 Å². The fourth-order valence-electron chi connectivity index (χ4n) is 1.95. The Balaban J connectivity index is 2.86. The van der Waals surface area contributed by atoms with E-state index in [2.05, 4.69) is 4.72 Å². The fraction of sp³-hybridized carbons (Fsp3) is 0.500. The number of methoxy groups -OCH3 is 1. The van der Waals surface area contributed by atoms with E-state index < -0.39 is 27.7 Å². The molecule has 22 heavy (non-hydrogen) atoms. The summed E-state index contributed by atoms with van der Waals surface area (Å²) in [5.41, 5.74) is 0. The average Bonchev–Trinajstić information content (AvgIpc) is 2.42. The minimum absolute atomic E-state index is 0.0674. The maximum Gasteiger partial charge on any atom is 0.307 e. The van der Waals surface area contributed by atoms with Crippen LogP contribution in [-0.2, 0) is 14.8 Å². The maximum atomic E-state index is 13.6. The van der Waals surface area contributed by atoms with Gasteiger partial charge in [0.05, 0.1) is 17.9 Å². The zero-order chi connectivity index (χ0) is 16.9. The molecule has 0 fully saturated rings. The second-order valence-corrected chi connectivity index (χ2v) is 7.08. The second kappa shape index (κ2) is 7.55. The van der Waals surface area contributed by atoms with Gasteiger partial charge in [0.15, 0.2) is 11.6 Å². The Hall–Kier alpha value is -1.67. The van der Waals surface area contributed by atoms with Crippen LogP contribution in [0.15, 0.2) is 23.1 Å². The first kappa shape index (κ1) is 18.4. The second-order valence-electron chi connectivity index (χ2n) is 5.31. The SMILES string of the molecule is COc1ccc(S(=O)(=O)NCC(CC(C)C)C(=O)O)cc1F. The fourth-order valence-corrected chi connectivity index (χ4v) is 3.04. The van der Waals surface area contributed by atoms with Gasteiger partial charge in [0, 0.05) is 6.54 Å². The Bertz CT molecular complexity index is 630. The van der Waals surface area contributed by atoms with E-state index >= 15 is 0 Å². The molecule has 0 amide bonds. The molecule has 8 heteroatoms. The van der Waals surface area contributed by atoms with Crippen LogP contribution in [0.1, 0.15) is 20.3 Å². The van der Waals surface area contributed by atoms with Crippen LogP contribution in [0, 0.1) is 17.7 Å². The molecule has 0 aromatic heterocycles. The number of carboxylic acids is 1. The van der Waals surface area contributed by atoms with E-state index in [1.807, 2.05) is 13.8 Å². The molecule has 6 nitrogen and oxygen atoms in total. The van der Waals surface area contributed by atoms with Crippen molar-refractivity contribution in [3.63, 3.8) is 0 Å². The minimum atomic E-state index is -3.98. The number of halogens is 1. The third-order valence-corrected chi connectivity index (χ3v) is 4.48. The summed E-state index contributed by atoms with van der Waals surface area (Å²) in [4.78, 5) is 10.8. The molecule has 1 aromatic rings. The summed E-state index contributed by atoms with van der Waals surface area (Å²) >= 11 is 0. The smallest absolute Gasteiger partial charge is 0.307 e. The van der Waals surface area contributed by atoms with Crippen molar-refractivity contribution < 1.29 is 27.4 Å². The van der Waals surface area contributed by atoms with Gasteiger partial charge >= 0.3 is 5.97 Å². The molecule has 1 atom stereocenters. The van der Waals surface area contributed by atoms with Crippen molar-refractivity contribution in [3.05, 3.63) is 24.0 Å². The summed E-state index contributed by atoms with van der Waals surface area (Å²) in [6.07, 6.45) is 0.342. The largest absolute Gasteiger partial charge is 0.494 e. The molecule has 0 aliphatic rings. The monoisotopic (exact) mass is 333 g/mol. The van der Waals surface area contributed by atoms with Gasteiger partial charge in [-0.2, -0.15) is 0 Å². The van der Waals surface area contributed by atoms with Crippen molar-refractivity contribution in [2.45, 2.75) is 25.2 Å². The number of aliphatic carboxylic acids is 1. The summed E-state index contributed by atoms with van der Waals surface area (Å²) in [5, 5.41) is 9.09. The highest BCUT2D eigenvalue weighted by Crippen LogP contribution is 2.21. The summed E-state index contributed by atoms with van der Waals surface area (Å²) in [5.74, 6) is -2.66. The molecular formula is C14H20FNO5S. The molecule has 0 heterocycles. The van der Waals surface area contributed by atoms with Crippen molar-refractivity contribution in [1.82, 2.24) is 4.72 Å². The van der Waals surface area contributed by atoms with Crippen LogP contribution < -0.4 is 9.46 Å². The lowest BCUT2D eigenvalue weighted by Crippen LogP contribution is -2.33. The summed E-state index contributed by atoms with van der Waals surface area (Å²) < 4.78 is 44.7. The van der Waals surface area contributed by atoms with Gasteiger partial charge in [-0.25, -0.2) is 17.5 Å². The topological polar surface area (TPSA) is 92.7 Å². The number of nitrogens with one attached hydrogen (secondary N) is 1. The van der Waals surface area contributed by atoms with E-state index in [1.165, 1.54) is 19.2 Å². The number of rotatable bonds is 8. The highest BCUT2D eigenvalue weighted by Gasteiger charge is 2.23. The first-order chi connectivity index (χ1) is 10.2. The van der Waals surface area contributed by atoms with Crippen LogP contribution in [0.3, 0.4) is 0 Å². The summed E-state index contributed by atoms with van der Waals surface area (Å²) in [6, 6.07) is 3.23. The molecule has 0 bridgehead atoms. The predicted molar refractivity (Wildman–Crippen MR) is 78.7 cm³/mol. The lowest BCUT2D eigenvalue weighted by Gasteiger charge is -2.15. The van der Waals surface area contributed by atoms with Gasteiger partial charge in [0.1, 0.15) is 0 Å². The van der Waals surface area contributed by atoms with E-state index in [1.54, 1.807) is 0 Å². The van der Waals surface area contributed by atoms with Crippen molar-refractivity contribution in [3.8, 4) is 5.75 Å². The Morgan fingerprint density at radius 2 is 2.05 bits per heavy atom. The Morgan fingerprint density at radius 1 is 1.41 bits per heavy atom. The van der Waals surface area contributed by atoms with Crippen LogP contribution in [-0.4, -0.2) is 33.1 Å². The van der Waals surface area contributed by atoms with Gasteiger partial charge < -0.3 is 9.84 Å². The van der Waals surface area contributed by atoms with E-state index in [0.29, 0.717) is 6.42 Å². The molecule has 0 aliphatic heterocycles. The van der Waals surface area contributed by atoms with E-state index in [0.717, 1.165) is 6.07 Å². The van der Waals surface area contributed by atoms with Crippen molar-refractivity contribution in [2.24, 2.45) is 11.8 Å². The van der Waals surface area contributed by atoms with E-state index in [9.17, 15) is 17.6 Å². The normalized spacial score (nSPS) is 13.1. The standard InChI is InChI=1S/C14H20FNO5S/c1-9(2)6-10(14(17)18)8-16-22(19,20)11-4-5-13(21-3)12(15)7-11/h4-5,7,9-10,16H,6,8H2,1-3H3,(H,17,18). The highest BCUT2D eigenvalue weighted by atomic mass is 32.2. The number of hydrogen-bond acceptors (Lipinski definition) is 4. The van der Waals surface area contributed by atoms with Crippen LogP contribution in [0.2, 0.25) is 0 Å². The van der Waals surface area contributed by atoms with Crippen molar-refractivity contribution in [1.29, 1.82) is 0 Å². The quantitative estimate of drug-likeness (QED) is 0.757. The zero-order valence-electron chi connectivity index (χ0n) is 12.7. The van der Waals surface area contributed by atoms with E-state index in [-0.39, 0.29) is 23.1 Å². The highest BCUT2D eigenvalue weighted by molar-refractivity contribution is 7.89. The maximum absolute atomic E-state index is 13.6. The van der Waals surface area contributed by atoms with E-state index in [4.69, 9.17) is 9.84 Å². The lowest BCUT2D eigenvalue weighted by molar-refractivity contribution is -0.142. The zero-order valence-corrected chi connectivity index (χ0v) is 13.5. The molecule has 1 aromatic carbocycles. The molecule has 0 saturated carbocycles. The van der Waals surface area contributed by atoms with Crippen LogP contribution in [0.4, 0.5) is 4.39 Å².